The summed E-state index contributed by atoms with van der Waals surface area (Å²) in [6.07, 6.45) is 7.96. The Kier molecular flexibility index (Phi) is 3.62. The monoisotopic (exact) mass is 342 g/mol. The summed E-state index contributed by atoms with van der Waals surface area (Å²) in [6, 6.07) is 6.45. The number of nitrogens with one attached hydrogen (secondary N) is 2. The van der Waals surface area contributed by atoms with Gasteiger partial charge in [-0.15, -0.1) is 0 Å². The molecule has 1 spiro atoms. The lowest BCUT2D eigenvalue weighted by Gasteiger charge is -2.63. The van der Waals surface area contributed by atoms with Gasteiger partial charge in [-0.1, -0.05) is 12.5 Å². The van der Waals surface area contributed by atoms with Crippen LogP contribution < -0.4 is 15.5 Å². The van der Waals surface area contributed by atoms with Crippen molar-refractivity contribution in [3.63, 3.8) is 0 Å². The first-order valence-electron chi connectivity index (χ1n) is 9.61. The molecule has 6 nitrogen and oxygen atoms in total. The largest absolute Gasteiger partial charge is 0.377 e. The molecule has 5 rings (SSSR count). The molecule has 1 aromatic rings. The van der Waals surface area contributed by atoms with Crippen molar-refractivity contribution in [2.24, 2.45) is 11.3 Å². The van der Waals surface area contributed by atoms with Gasteiger partial charge >= 0.3 is 6.03 Å². The average Bonchev–Trinajstić information content (AvgIpc) is 3.20. The summed E-state index contributed by atoms with van der Waals surface area (Å²) in [5.74, 6) is 1.52. The molecule has 1 aromatic heterocycles. The van der Waals surface area contributed by atoms with Gasteiger partial charge in [-0.25, -0.2) is 9.78 Å². The number of carbonyl (C=O) groups excluding carboxylic acids is 1. The normalized spacial score (nSPS) is 35.0. The first-order valence-corrected chi connectivity index (χ1v) is 9.61. The number of urea groups is 1. The van der Waals surface area contributed by atoms with Crippen molar-refractivity contribution in [3.05, 3.63) is 24.4 Å². The topological polar surface area (TPSA) is 66.5 Å². The van der Waals surface area contributed by atoms with Crippen molar-refractivity contribution in [2.75, 3.05) is 24.6 Å². The van der Waals surface area contributed by atoms with E-state index in [-0.39, 0.29) is 17.5 Å². The molecule has 2 N–H and O–H groups in total. The molecular weight excluding hydrogens is 316 g/mol. The minimum absolute atomic E-state index is 0.00510. The van der Waals surface area contributed by atoms with E-state index < -0.39 is 0 Å². The minimum atomic E-state index is -0.00510. The molecule has 4 aliphatic rings. The second-order valence-corrected chi connectivity index (χ2v) is 8.05. The molecule has 2 amide bonds. The lowest BCUT2D eigenvalue weighted by atomic mass is 9.46. The number of fused-ring (bicyclic) bond motifs is 2. The molecule has 2 saturated heterocycles. The third kappa shape index (κ3) is 2.41. The van der Waals surface area contributed by atoms with Crippen LogP contribution in [0.4, 0.5) is 10.6 Å². The van der Waals surface area contributed by atoms with Gasteiger partial charge in [-0.3, -0.25) is 0 Å². The quantitative estimate of drug-likeness (QED) is 0.881. The SMILES string of the molecule is O=C(N[C@@H]1CCN(c2ccccn2)C1)N[C@@H]1[C@@H]2CCO[C@H]2C12CCC2. The van der Waals surface area contributed by atoms with Gasteiger partial charge in [-0.05, 0) is 37.8 Å². The lowest BCUT2D eigenvalue weighted by molar-refractivity contribution is -0.172. The summed E-state index contributed by atoms with van der Waals surface area (Å²) in [5.41, 5.74) is 0.244. The highest BCUT2D eigenvalue weighted by Gasteiger charge is 2.67. The Bertz CT molecular complexity index is 648. The summed E-state index contributed by atoms with van der Waals surface area (Å²) < 4.78 is 5.93. The Balaban J connectivity index is 1.17. The number of hydrogen-bond acceptors (Lipinski definition) is 4. The van der Waals surface area contributed by atoms with Crippen LogP contribution in [-0.4, -0.2) is 48.9 Å². The second kappa shape index (κ2) is 5.87. The first-order chi connectivity index (χ1) is 12.3. The average molecular weight is 342 g/mol. The van der Waals surface area contributed by atoms with Gasteiger partial charge in [0.2, 0.25) is 0 Å². The Labute approximate surface area is 148 Å². The maximum absolute atomic E-state index is 12.6. The molecule has 6 heteroatoms. The molecule has 0 radical (unpaired) electrons. The fourth-order valence-electron chi connectivity index (χ4n) is 5.45. The van der Waals surface area contributed by atoms with Crippen molar-refractivity contribution >= 4 is 11.8 Å². The fourth-order valence-corrected chi connectivity index (χ4v) is 5.45. The number of amides is 2. The van der Waals surface area contributed by atoms with Crippen LogP contribution in [0, 0.1) is 11.3 Å². The lowest BCUT2D eigenvalue weighted by Crippen LogP contribution is -2.72. The van der Waals surface area contributed by atoms with E-state index in [1.807, 2.05) is 24.4 Å². The molecular formula is C19H26N4O2. The van der Waals surface area contributed by atoms with Gasteiger partial charge in [0.05, 0.1) is 6.10 Å². The predicted molar refractivity (Wildman–Crippen MR) is 94.4 cm³/mol. The van der Waals surface area contributed by atoms with Crippen molar-refractivity contribution < 1.29 is 9.53 Å². The minimum Gasteiger partial charge on any atom is -0.377 e. The van der Waals surface area contributed by atoms with Crippen LogP contribution in [0.15, 0.2) is 24.4 Å². The molecule has 134 valence electrons. The number of pyridine rings is 1. The van der Waals surface area contributed by atoms with Crippen molar-refractivity contribution in [2.45, 2.75) is 50.3 Å². The van der Waals surface area contributed by atoms with Crippen molar-refractivity contribution in [1.29, 1.82) is 0 Å². The highest BCUT2D eigenvalue weighted by Crippen LogP contribution is 2.62. The molecule has 25 heavy (non-hydrogen) atoms. The summed E-state index contributed by atoms with van der Waals surface area (Å²) in [5, 5.41) is 6.48. The number of hydrogen-bond donors (Lipinski definition) is 2. The highest BCUT2D eigenvalue weighted by atomic mass is 16.5. The van der Waals surface area contributed by atoms with Gasteiger partial charge in [0.1, 0.15) is 5.82 Å². The smallest absolute Gasteiger partial charge is 0.315 e. The van der Waals surface area contributed by atoms with E-state index in [4.69, 9.17) is 4.74 Å². The van der Waals surface area contributed by atoms with E-state index in [1.54, 1.807) is 0 Å². The van der Waals surface area contributed by atoms with E-state index in [9.17, 15) is 4.79 Å². The molecule has 4 fully saturated rings. The zero-order valence-corrected chi connectivity index (χ0v) is 14.5. The molecule has 0 aromatic carbocycles. The van der Waals surface area contributed by atoms with Gasteiger partial charge in [-0.2, -0.15) is 0 Å². The van der Waals surface area contributed by atoms with Gasteiger partial charge < -0.3 is 20.3 Å². The number of carbonyl (C=O) groups is 1. The number of anilines is 1. The third-order valence-corrected chi connectivity index (χ3v) is 6.82. The third-order valence-electron chi connectivity index (χ3n) is 6.82. The Morgan fingerprint density at radius 1 is 1.28 bits per heavy atom. The van der Waals surface area contributed by atoms with Crippen LogP contribution in [-0.2, 0) is 4.74 Å². The molecule has 0 unspecified atom stereocenters. The zero-order chi connectivity index (χ0) is 16.9. The maximum atomic E-state index is 12.6. The van der Waals surface area contributed by atoms with Crippen molar-refractivity contribution in [3.8, 4) is 0 Å². The zero-order valence-electron chi connectivity index (χ0n) is 14.5. The molecule has 4 atom stereocenters. The van der Waals surface area contributed by atoms with Crippen molar-refractivity contribution in [1.82, 2.24) is 15.6 Å². The summed E-state index contributed by atoms with van der Waals surface area (Å²) >= 11 is 0. The number of aromatic nitrogens is 1. The van der Waals surface area contributed by atoms with Crippen LogP contribution in [0.1, 0.15) is 32.1 Å². The summed E-state index contributed by atoms with van der Waals surface area (Å²) in [6.45, 7) is 2.63. The summed E-state index contributed by atoms with van der Waals surface area (Å²) in [7, 11) is 0. The van der Waals surface area contributed by atoms with Gasteiger partial charge in [0.25, 0.3) is 0 Å². The first kappa shape index (κ1) is 15.4. The highest BCUT2D eigenvalue weighted by molar-refractivity contribution is 5.75. The van der Waals surface area contributed by atoms with Crippen LogP contribution in [0.5, 0.6) is 0 Å². The van der Waals surface area contributed by atoms with Crippen LogP contribution in [0.3, 0.4) is 0 Å². The van der Waals surface area contributed by atoms with E-state index in [2.05, 4.69) is 20.5 Å². The van der Waals surface area contributed by atoms with E-state index in [0.29, 0.717) is 18.1 Å². The fraction of sp³-hybridized carbons (Fsp3) is 0.684. The number of ether oxygens (including phenoxy) is 1. The molecule has 0 bridgehead atoms. The van der Waals surface area contributed by atoms with E-state index >= 15 is 0 Å². The standard InChI is InChI=1S/C19H26N4O2/c24-18(21-13-5-10-23(12-13)15-4-1-2-9-20-15)22-16-14-6-11-25-17(14)19(16)7-3-8-19/h1-2,4,9,13-14,16-17H,3,5-8,10-12H2,(H2,21,22,24)/t13-,14+,16-,17-/m1/s1. The van der Waals surface area contributed by atoms with E-state index in [1.165, 1.54) is 19.3 Å². The van der Waals surface area contributed by atoms with Gasteiger partial charge in [0.15, 0.2) is 0 Å². The van der Waals surface area contributed by atoms with Crippen LogP contribution in [0.25, 0.3) is 0 Å². The maximum Gasteiger partial charge on any atom is 0.315 e. The molecule has 2 saturated carbocycles. The van der Waals surface area contributed by atoms with Gasteiger partial charge in [0, 0.05) is 49.3 Å². The second-order valence-electron chi connectivity index (χ2n) is 8.05. The Morgan fingerprint density at radius 3 is 2.96 bits per heavy atom. The number of nitrogens with zero attached hydrogens (tertiary/aromatic N) is 2. The Morgan fingerprint density at radius 2 is 2.20 bits per heavy atom. The molecule has 2 aliphatic heterocycles. The van der Waals surface area contributed by atoms with E-state index in [0.717, 1.165) is 38.4 Å². The van der Waals surface area contributed by atoms with Crippen LogP contribution >= 0.6 is 0 Å². The van der Waals surface area contributed by atoms with Crippen LogP contribution in [0.2, 0.25) is 0 Å². The molecule has 3 heterocycles. The predicted octanol–water partition coefficient (Wildman–Crippen LogP) is 1.92. The molecule has 2 aliphatic carbocycles. The number of rotatable bonds is 3. The Hall–Kier alpha value is -1.82. The summed E-state index contributed by atoms with van der Waals surface area (Å²) in [4.78, 5) is 19.2.